The summed E-state index contributed by atoms with van der Waals surface area (Å²) in [5, 5.41) is 11.4. The Hall–Kier alpha value is -3.15. The second-order valence-electron chi connectivity index (χ2n) is 6.23. The number of benzene rings is 2. The maximum absolute atomic E-state index is 14.3. The summed E-state index contributed by atoms with van der Waals surface area (Å²) in [4.78, 5) is 25.9. The maximum Gasteiger partial charge on any atom is 0.277 e. The van der Waals surface area contributed by atoms with Gasteiger partial charge in [-0.25, -0.2) is 14.3 Å². The first-order chi connectivity index (χ1) is 15.9. The molecule has 184 valence electrons. The normalized spacial score (nSPS) is 9.64. The van der Waals surface area contributed by atoms with Crippen LogP contribution in [0.1, 0.15) is 28.8 Å². The van der Waals surface area contributed by atoms with Gasteiger partial charge in [-0.1, -0.05) is 17.7 Å². The van der Waals surface area contributed by atoms with Crippen molar-refractivity contribution in [2.45, 2.75) is 19.8 Å². The third-order valence-electron chi connectivity index (χ3n) is 3.85. The lowest BCUT2D eigenvalue weighted by Crippen LogP contribution is -2.26. The first kappa shape index (κ1) is 29.9. The van der Waals surface area contributed by atoms with E-state index >= 15 is 0 Å². The van der Waals surface area contributed by atoms with Crippen LogP contribution in [0.15, 0.2) is 36.4 Å². The summed E-state index contributed by atoms with van der Waals surface area (Å²) in [5.41, 5.74) is 7.52. The fourth-order valence-electron chi connectivity index (χ4n) is 2.33. The van der Waals surface area contributed by atoms with Crippen LogP contribution in [-0.4, -0.2) is 51.0 Å². The number of halogens is 3. The molecule has 5 N–H and O–H groups in total. The predicted molar refractivity (Wildman–Crippen MR) is 119 cm³/mol. The van der Waals surface area contributed by atoms with Crippen LogP contribution in [0.5, 0.6) is 0 Å². The number of carbonyl (C=O) groups is 2. The average molecular weight is 473 g/mol. The molecule has 2 aromatic carbocycles. The largest absolute Gasteiger partial charge is 0.396 e. The Morgan fingerprint density at radius 2 is 1.70 bits per heavy atom. The molecule has 0 heterocycles. The fraction of sp³-hybridized carbons (Fsp3) is 0.364. The molecular weight excluding hydrogens is 443 g/mol. The average Bonchev–Trinajstić information content (AvgIpc) is 2.82. The zero-order valence-corrected chi connectivity index (χ0v) is 18.6. The minimum atomic E-state index is -1.15. The molecule has 0 aliphatic heterocycles. The molecule has 0 saturated carbocycles. The summed E-state index contributed by atoms with van der Waals surface area (Å²) in [6, 6.07) is 9.08. The topological polar surface area (TPSA) is 123 Å². The molecule has 11 heteroatoms. The number of hydrogen-bond acceptors (Lipinski definition) is 6. The molecule has 0 aliphatic carbocycles. The van der Waals surface area contributed by atoms with E-state index in [1.54, 1.807) is 12.1 Å². The van der Waals surface area contributed by atoms with Crippen LogP contribution in [0.4, 0.5) is 24.5 Å². The third kappa shape index (κ3) is 11.9. The molecule has 0 saturated heterocycles. The van der Waals surface area contributed by atoms with Crippen molar-refractivity contribution in [2.24, 2.45) is 5.73 Å². The van der Waals surface area contributed by atoms with E-state index in [0.29, 0.717) is 25.9 Å². The lowest BCUT2D eigenvalue weighted by Gasteiger charge is -2.14. The van der Waals surface area contributed by atoms with Crippen molar-refractivity contribution < 1.29 is 37.4 Å². The molecule has 0 unspecified atom stereocenters. The van der Waals surface area contributed by atoms with Crippen molar-refractivity contribution in [1.82, 2.24) is 5.48 Å². The quantitative estimate of drug-likeness (QED) is 0.226. The number of aliphatic hydroxyl groups is 1. The third-order valence-corrected chi connectivity index (χ3v) is 3.85. The number of rotatable bonds is 11. The number of aryl methyl sites for hydroxylation is 1. The number of amides is 2. The van der Waals surface area contributed by atoms with E-state index in [2.05, 4.69) is 16.5 Å². The van der Waals surface area contributed by atoms with Gasteiger partial charge in [-0.3, -0.25) is 18.8 Å². The van der Waals surface area contributed by atoms with Gasteiger partial charge in [-0.15, -0.1) is 0 Å². The number of hydroxylamine groups is 1. The highest BCUT2D eigenvalue weighted by Crippen LogP contribution is 2.26. The van der Waals surface area contributed by atoms with Gasteiger partial charge in [0.1, 0.15) is 0 Å². The van der Waals surface area contributed by atoms with Gasteiger partial charge < -0.3 is 20.9 Å². The molecular formula is C22H30F3N3O5. The van der Waals surface area contributed by atoms with Crippen LogP contribution in [0.2, 0.25) is 0 Å². The van der Waals surface area contributed by atoms with E-state index in [1.165, 1.54) is 6.07 Å². The lowest BCUT2D eigenvalue weighted by molar-refractivity contribution is -0.106. The molecule has 0 fully saturated rings. The minimum Gasteiger partial charge on any atom is -0.396 e. The van der Waals surface area contributed by atoms with Gasteiger partial charge in [0.25, 0.3) is 5.91 Å². The first-order valence-corrected chi connectivity index (χ1v) is 9.90. The second kappa shape index (κ2) is 18.4. The molecule has 0 aromatic heterocycles. The zero-order valence-electron chi connectivity index (χ0n) is 18.6. The van der Waals surface area contributed by atoms with Gasteiger partial charge in [-0.2, -0.15) is 0 Å². The van der Waals surface area contributed by atoms with Gasteiger partial charge >= 0.3 is 0 Å². The first-order valence-electron chi connectivity index (χ1n) is 9.90. The number of ether oxygens (including phenoxy) is 1. The Balaban J connectivity index is 0.00000189. The van der Waals surface area contributed by atoms with Crippen molar-refractivity contribution in [3.05, 3.63) is 59.2 Å². The summed E-state index contributed by atoms with van der Waals surface area (Å²) < 4.78 is 42.7. The van der Waals surface area contributed by atoms with Crippen LogP contribution in [-0.2, 0) is 14.4 Å². The van der Waals surface area contributed by atoms with Crippen LogP contribution in [0.25, 0.3) is 0 Å². The van der Waals surface area contributed by atoms with Crippen LogP contribution in [0.3, 0.4) is 0 Å². The summed E-state index contributed by atoms with van der Waals surface area (Å²) in [5.74, 6) is -2.93. The molecule has 2 rings (SSSR count). The number of hydrogen-bond donors (Lipinski definition) is 4. The smallest absolute Gasteiger partial charge is 0.277 e. The predicted octanol–water partition coefficient (Wildman–Crippen LogP) is 3.15. The number of alkyl halides is 1. The molecule has 0 aliphatic rings. The summed E-state index contributed by atoms with van der Waals surface area (Å²) in [6.07, 6.45) is 1.64. The zero-order chi connectivity index (χ0) is 25.1. The number of anilines is 2. The van der Waals surface area contributed by atoms with Crippen LogP contribution >= 0.6 is 0 Å². The highest BCUT2D eigenvalue weighted by molar-refractivity contribution is 5.99. The molecule has 0 spiro atoms. The van der Waals surface area contributed by atoms with E-state index in [9.17, 15) is 18.0 Å². The van der Waals surface area contributed by atoms with E-state index in [0.717, 1.165) is 18.1 Å². The Morgan fingerprint density at radius 3 is 2.30 bits per heavy atom. The molecule has 8 nitrogen and oxygen atoms in total. The maximum atomic E-state index is 14.3. The van der Waals surface area contributed by atoms with Gasteiger partial charge in [0.05, 0.1) is 31.6 Å². The Kier molecular flexibility index (Phi) is 16.7. The van der Waals surface area contributed by atoms with Gasteiger partial charge in [-0.05, 0) is 44.0 Å². The molecule has 2 amide bonds. The van der Waals surface area contributed by atoms with Crippen molar-refractivity contribution in [1.29, 1.82) is 0 Å². The standard InChI is InChI=1S/C20H24F2N2O4.CH3F.CH3NO/c1-14-4-6-15(7-5-14)23-19-16(8-9-17(21)18(19)22)20(26)24-28-13-12-27-11-3-2-10-25;1-2;2-1-3/h4-9,23,25H,2-3,10-13H2,1H3,(H,24,26);1H3;1H,(H2,2,3). The Morgan fingerprint density at radius 1 is 1.06 bits per heavy atom. The molecule has 0 bridgehead atoms. The van der Waals surface area contributed by atoms with Crippen molar-refractivity contribution in [2.75, 3.05) is 38.9 Å². The lowest BCUT2D eigenvalue weighted by atomic mass is 10.1. The monoisotopic (exact) mass is 473 g/mol. The van der Waals surface area contributed by atoms with E-state index in [4.69, 9.17) is 19.5 Å². The molecule has 0 radical (unpaired) electrons. The number of nitrogens with two attached hydrogens (primary N) is 1. The second-order valence-corrected chi connectivity index (χ2v) is 6.23. The number of carbonyl (C=O) groups excluding carboxylic acids is 2. The number of aliphatic hydroxyl groups excluding tert-OH is 1. The summed E-state index contributed by atoms with van der Waals surface area (Å²) in [6.45, 7) is 2.83. The minimum absolute atomic E-state index is 0.0925. The molecule has 0 atom stereocenters. The van der Waals surface area contributed by atoms with Gasteiger partial charge in [0.15, 0.2) is 11.6 Å². The fourth-order valence-corrected chi connectivity index (χ4v) is 2.33. The number of primary amides is 1. The highest BCUT2D eigenvalue weighted by atomic mass is 19.2. The van der Waals surface area contributed by atoms with E-state index in [-0.39, 0.29) is 37.5 Å². The van der Waals surface area contributed by atoms with Crippen LogP contribution in [0, 0.1) is 18.6 Å². The van der Waals surface area contributed by atoms with Crippen molar-refractivity contribution in [3.8, 4) is 0 Å². The van der Waals surface area contributed by atoms with Gasteiger partial charge in [0, 0.05) is 18.9 Å². The summed E-state index contributed by atoms with van der Waals surface area (Å²) >= 11 is 0. The van der Waals surface area contributed by atoms with Crippen molar-refractivity contribution in [3.63, 3.8) is 0 Å². The van der Waals surface area contributed by atoms with Crippen LogP contribution < -0.4 is 16.5 Å². The summed E-state index contributed by atoms with van der Waals surface area (Å²) in [7, 11) is 0.500. The number of unbranched alkanes of at least 4 members (excludes halogenated alkanes) is 1. The van der Waals surface area contributed by atoms with E-state index < -0.39 is 17.5 Å². The SMILES string of the molecule is CF.Cc1ccc(Nc2c(C(=O)NOCCOCCCCO)ccc(F)c2F)cc1.NC=O. The molecule has 33 heavy (non-hydrogen) atoms. The molecule has 2 aromatic rings. The Bertz CT molecular complexity index is 824. The highest BCUT2D eigenvalue weighted by Gasteiger charge is 2.19. The number of nitrogens with one attached hydrogen (secondary N) is 2. The van der Waals surface area contributed by atoms with E-state index in [1.807, 2.05) is 19.1 Å². The Labute approximate surface area is 190 Å². The van der Waals surface area contributed by atoms with Gasteiger partial charge in [0.2, 0.25) is 6.41 Å². The van der Waals surface area contributed by atoms with Crippen molar-refractivity contribution >= 4 is 23.7 Å².